The molecule has 1 aromatic heterocycles. The number of hydrogen-bond acceptors (Lipinski definition) is 4. The normalized spacial score (nSPS) is 15.6. The molecule has 2 aromatic rings. The van der Waals surface area contributed by atoms with Gasteiger partial charge in [-0.15, -0.1) is 0 Å². The zero-order valence-electron chi connectivity index (χ0n) is 14.5. The Kier molecular flexibility index (Phi) is 4.42. The summed E-state index contributed by atoms with van der Waals surface area (Å²) in [6, 6.07) is 7.78. The van der Waals surface area contributed by atoms with Crippen molar-refractivity contribution < 1.29 is 14.3 Å². The molecule has 2 heterocycles. The fraction of sp³-hybridized carbons (Fsp3) is 0.368. The summed E-state index contributed by atoms with van der Waals surface area (Å²) in [5.74, 6) is 1.59. The number of carbonyl (C=O) groups excluding carboxylic acids is 1. The third-order valence-electron chi connectivity index (χ3n) is 4.44. The number of methoxy groups -OCH3 is 1. The molecule has 5 heteroatoms. The molecule has 1 aromatic carbocycles. The van der Waals surface area contributed by atoms with Gasteiger partial charge in [0.15, 0.2) is 6.10 Å². The van der Waals surface area contributed by atoms with Gasteiger partial charge in [-0.05, 0) is 25.5 Å². The SMILES string of the molecule is COc1c(C)cnc(CN(C)C(=O)[C@@H]2Cc3ccccc3O2)c1C. The molecule has 0 unspecified atom stereocenters. The van der Waals surface area contributed by atoms with E-state index < -0.39 is 6.10 Å². The molecule has 1 aliphatic rings. The summed E-state index contributed by atoms with van der Waals surface area (Å²) in [4.78, 5) is 18.8. The molecule has 0 bridgehead atoms. The smallest absolute Gasteiger partial charge is 0.264 e. The van der Waals surface area contributed by atoms with Crippen LogP contribution in [0.25, 0.3) is 0 Å². The van der Waals surface area contributed by atoms with E-state index in [1.165, 1.54) is 0 Å². The number of fused-ring (bicyclic) bond motifs is 1. The zero-order chi connectivity index (χ0) is 17.3. The Balaban J connectivity index is 1.72. The number of benzene rings is 1. The second kappa shape index (κ2) is 6.51. The van der Waals surface area contributed by atoms with Crippen LogP contribution in [0, 0.1) is 13.8 Å². The molecule has 0 saturated carbocycles. The number of amides is 1. The van der Waals surface area contributed by atoms with E-state index in [1.54, 1.807) is 25.3 Å². The molecule has 0 fully saturated rings. The van der Waals surface area contributed by atoms with E-state index in [4.69, 9.17) is 9.47 Å². The van der Waals surface area contributed by atoms with E-state index in [9.17, 15) is 4.79 Å². The Hall–Kier alpha value is -2.56. The Morgan fingerprint density at radius 1 is 1.38 bits per heavy atom. The van der Waals surface area contributed by atoms with Crippen molar-refractivity contribution in [1.29, 1.82) is 0 Å². The molecule has 0 radical (unpaired) electrons. The third-order valence-corrected chi connectivity index (χ3v) is 4.44. The lowest BCUT2D eigenvalue weighted by molar-refractivity contribution is -0.137. The van der Waals surface area contributed by atoms with Crippen molar-refractivity contribution in [2.24, 2.45) is 0 Å². The average Bonchev–Trinajstić information content (AvgIpc) is 3.01. The van der Waals surface area contributed by atoms with Crippen LogP contribution in [0.2, 0.25) is 0 Å². The molecule has 0 aliphatic carbocycles. The van der Waals surface area contributed by atoms with Gasteiger partial charge in [-0.3, -0.25) is 9.78 Å². The molecule has 0 saturated heterocycles. The summed E-state index contributed by atoms with van der Waals surface area (Å²) in [7, 11) is 3.43. The van der Waals surface area contributed by atoms with Gasteiger partial charge < -0.3 is 14.4 Å². The average molecular weight is 326 g/mol. The van der Waals surface area contributed by atoms with Crippen molar-refractivity contribution in [3.63, 3.8) is 0 Å². The van der Waals surface area contributed by atoms with E-state index in [-0.39, 0.29) is 5.91 Å². The van der Waals surface area contributed by atoms with Gasteiger partial charge in [0.2, 0.25) is 0 Å². The van der Waals surface area contributed by atoms with Gasteiger partial charge in [0.1, 0.15) is 11.5 Å². The number of rotatable bonds is 4. The maximum absolute atomic E-state index is 12.7. The van der Waals surface area contributed by atoms with Crippen molar-refractivity contribution in [3.8, 4) is 11.5 Å². The molecule has 24 heavy (non-hydrogen) atoms. The quantitative estimate of drug-likeness (QED) is 0.867. The van der Waals surface area contributed by atoms with Crippen LogP contribution in [0.15, 0.2) is 30.5 Å². The second-order valence-corrected chi connectivity index (χ2v) is 6.16. The largest absolute Gasteiger partial charge is 0.496 e. The number of aromatic nitrogens is 1. The Morgan fingerprint density at radius 2 is 2.12 bits per heavy atom. The first kappa shape index (κ1) is 16.3. The van der Waals surface area contributed by atoms with Crippen molar-refractivity contribution in [1.82, 2.24) is 9.88 Å². The van der Waals surface area contributed by atoms with E-state index >= 15 is 0 Å². The molecule has 5 nitrogen and oxygen atoms in total. The van der Waals surface area contributed by atoms with Gasteiger partial charge in [-0.2, -0.15) is 0 Å². The van der Waals surface area contributed by atoms with Crippen molar-refractivity contribution in [2.75, 3.05) is 14.2 Å². The number of para-hydroxylation sites is 1. The van der Waals surface area contributed by atoms with Crippen LogP contribution in [-0.2, 0) is 17.8 Å². The van der Waals surface area contributed by atoms with Gasteiger partial charge >= 0.3 is 0 Å². The van der Waals surface area contributed by atoms with Gasteiger partial charge in [-0.1, -0.05) is 18.2 Å². The standard InChI is InChI=1S/C19H22N2O3/c1-12-10-20-15(13(2)18(12)23-4)11-21(3)19(22)17-9-14-7-5-6-8-16(14)24-17/h5-8,10,17H,9,11H2,1-4H3/t17-/m0/s1. The summed E-state index contributed by atoms with van der Waals surface area (Å²) in [5.41, 5.74) is 3.87. The first-order valence-corrected chi connectivity index (χ1v) is 8.00. The number of likely N-dealkylation sites (N-methyl/N-ethyl adjacent to an activating group) is 1. The highest BCUT2D eigenvalue weighted by Gasteiger charge is 2.31. The Labute approximate surface area is 142 Å². The lowest BCUT2D eigenvalue weighted by atomic mass is 10.1. The molecule has 1 atom stereocenters. The zero-order valence-corrected chi connectivity index (χ0v) is 14.5. The Morgan fingerprint density at radius 3 is 2.83 bits per heavy atom. The second-order valence-electron chi connectivity index (χ2n) is 6.16. The lowest BCUT2D eigenvalue weighted by Crippen LogP contribution is -2.38. The van der Waals surface area contributed by atoms with Crippen molar-refractivity contribution in [2.45, 2.75) is 32.9 Å². The van der Waals surface area contributed by atoms with E-state index in [1.807, 2.05) is 38.1 Å². The topological polar surface area (TPSA) is 51.7 Å². The van der Waals surface area contributed by atoms with Crippen molar-refractivity contribution >= 4 is 5.91 Å². The van der Waals surface area contributed by atoms with Gasteiger partial charge in [-0.25, -0.2) is 0 Å². The highest BCUT2D eigenvalue weighted by Crippen LogP contribution is 2.29. The number of pyridine rings is 1. The minimum atomic E-state index is -0.458. The first-order valence-electron chi connectivity index (χ1n) is 8.00. The van der Waals surface area contributed by atoms with Crippen LogP contribution in [0.1, 0.15) is 22.4 Å². The van der Waals surface area contributed by atoms with E-state index in [0.29, 0.717) is 13.0 Å². The molecular weight excluding hydrogens is 304 g/mol. The van der Waals surface area contributed by atoms with Crippen LogP contribution >= 0.6 is 0 Å². The predicted molar refractivity (Wildman–Crippen MR) is 91.3 cm³/mol. The van der Waals surface area contributed by atoms with Gasteiger partial charge in [0.25, 0.3) is 5.91 Å². The molecule has 126 valence electrons. The predicted octanol–water partition coefficient (Wildman–Crippen LogP) is 2.67. The Bertz CT molecular complexity index is 748. The van der Waals surface area contributed by atoms with Crippen LogP contribution in [0.5, 0.6) is 11.5 Å². The first-order chi connectivity index (χ1) is 11.5. The fourth-order valence-electron chi connectivity index (χ4n) is 3.10. The number of aryl methyl sites for hydroxylation is 1. The van der Waals surface area contributed by atoms with Gasteiger partial charge in [0.05, 0.1) is 19.3 Å². The van der Waals surface area contributed by atoms with Crippen LogP contribution < -0.4 is 9.47 Å². The molecule has 3 rings (SSSR count). The molecule has 1 aliphatic heterocycles. The third kappa shape index (κ3) is 2.94. The van der Waals surface area contributed by atoms with Gasteiger partial charge in [0, 0.05) is 30.8 Å². The summed E-state index contributed by atoms with van der Waals surface area (Å²) < 4.78 is 11.2. The highest BCUT2D eigenvalue weighted by atomic mass is 16.5. The number of carbonyl (C=O) groups is 1. The monoisotopic (exact) mass is 326 g/mol. The summed E-state index contributed by atoms with van der Waals surface area (Å²) >= 11 is 0. The molecule has 1 amide bonds. The maximum Gasteiger partial charge on any atom is 0.264 e. The number of nitrogens with zero attached hydrogens (tertiary/aromatic N) is 2. The highest BCUT2D eigenvalue weighted by molar-refractivity contribution is 5.82. The maximum atomic E-state index is 12.7. The minimum absolute atomic E-state index is 0.0352. The van der Waals surface area contributed by atoms with E-state index in [2.05, 4.69) is 4.98 Å². The fourth-order valence-corrected chi connectivity index (χ4v) is 3.10. The van der Waals surface area contributed by atoms with Crippen LogP contribution in [-0.4, -0.2) is 36.1 Å². The molecular formula is C19H22N2O3. The summed E-state index contributed by atoms with van der Waals surface area (Å²) in [6.07, 6.45) is 1.93. The van der Waals surface area contributed by atoms with Crippen LogP contribution in [0.4, 0.5) is 0 Å². The van der Waals surface area contributed by atoms with E-state index in [0.717, 1.165) is 33.9 Å². The van der Waals surface area contributed by atoms with Crippen molar-refractivity contribution in [3.05, 3.63) is 52.8 Å². The number of hydrogen-bond donors (Lipinski definition) is 0. The lowest BCUT2D eigenvalue weighted by Gasteiger charge is -2.22. The minimum Gasteiger partial charge on any atom is -0.496 e. The number of ether oxygens (including phenoxy) is 2. The summed E-state index contributed by atoms with van der Waals surface area (Å²) in [5, 5.41) is 0. The molecule has 0 N–H and O–H groups in total. The molecule has 0 spiro atoms. The van der Waals surface area contributed by atoms with Crippen LogP contribution in [0.3, 0.4) is 0 Å². The summed E-state index contributed by atoms with van der Waals surface area (Å²) in [6.45, 7) is 4.35.